The number of carbonyl (C=O) groups is 1. The van der Waals surface area contributed by atoms with Crippen LogP contribution in [0.3, 0.4) is 0 Å². The van der Waals surface area contributed by atoms with Crippen molar-refractivity contribution >= 4 is 29.1 Å². The zero-order valence-corrected chi connectivity index (χ0v) is 5.20. The lowest BCUT2D eigenvalue weighted by atomic mass is 10.4. The Morgan fingerprint density at radius 2 is 2.12 bits per heavy atom. The predicted octanol–water partition coefficient (Wildman–Crippen LogP) is 0.169. The van der Waals surface area contributed by atoms with E-state index in [9.17, 15) is 4.79 Å². The molecule has 0 rings (SSSR count). The molecule has 3 nitrogen and oxygen atoms in total. The molecule has 8 heavy (non-hydrogen) atoms. The molecule has 0 atom stereocenters. The summed E-state index contributed by atoms with van der Waals surface area (Å²) in [7, 11) is 0. The molecule has 0 saturated carbocycles. The van der Waals surface area contributed by atoms with Crippen LogP contribution in [-0.2, 0) is 4.79 Å². The maximum absolute atomic E-state index is 9.99. The Bertz CT molecular complexity index is 148. The van der Waals surface area contributed by atoms with Gasteiger partial charge in [-0.2, -0.15) is 5.26 Å². The highest BCUT2D eigenvalue weighted by Gasteiger charge is 2.30. The quantitative estimate of drug-likeness (QED) is 0.545. The Balaban J connectivity index is 4.19. The minimum Gasteiger partial charge on any atom is -0.366 e. The zero-order valence-electron chi connectivity index (χ0n) is 3.69. The topological polar surface area (TPSA) is 66.9 Å². The summed E-state index contributed by atoms with van der Waals surface area (Å²) in [6.45, 7) is 0. The predicted molar refractivity (Wildman–Crippen MR) is 29.2 cm³/mol. The molecule has 2 N–H and O–H groups in total. The van der Waals surface area contributed by atoms with Gasteiger partial charge in [-0.3, -0.25) is 4.79 Å². The van der Waals surface area contributed by atoms with Crippen LogP contribution in [0, 0.1) is 11.3 Å². The Hall–Kier alpha value is -0.460. The number of carbonyl (C=O) groups excluding carboxylic acids is 1. The van der Waals surface area contributed by atoms with Crippen LogP contribution in [0.25, 0.3) is 0 Å². The van der Waals surface area contributed by atoms with E-state index in [0.717, 1.165) is 0 Å². The molecule has 0 aromatic heterocycles. The van der Waals surface area contributed by atoms with Crippen LogP contribution >= 0.6 is 23.2 Å². The molecule has 5 heteroatoms. The van der Waals surface area contributed by atoms with Crippen LogP contribution in [-0.4, -0.2) is 10.2 Å². The summed E-state index contributed by atoms with van der Waals surface area (Å²) in [5.41, 5.74) is 4.56. The normalized spacial score (nSPS) is 10.1. The van der Waals surface area contributed by atoms with E-state index in [4.69, 9.17) is 28.5 Å². The van der Waals surface area contributed by atoms with Gasteiger partial charge in [0.05, 0.1) is 0 Å². The van der Waals surface area contributed by atoms with Crippen LogP contribution in [0.4, 0.5) is 0 Å². The van der Waals surface area contributed by atoms with E-state index in [1.165, 1.54) is 6.07 Å². The van der Waals surface area contributed by atoms with E-state index in [-0.39, 0.29) is 0 Å². The number of primary amides is 1. The molecule has 0 aliphatic carbocycles. The van der Waals surface area contributed by atoms with E-state index < -0.39 is 10.2 Å². The first-order chi connectivity index (χ1) is 3.50. The third kappa shape index (κ3) is 1.57. The largest absolute Gasteiger partial charge is 0.366 e. The summed E-state index contributed by atoms with van der Waals surface area (Å²) in [4.78, 5) is 9.99. The van der Waals surface area contributed by atoms with Crippen molar-refractivity contribution in [3.8, 4) is 6.07 Å². The third-order valence-electron chi connectivity index (χ3n) is 0.450. The number of halogens is 2. The second-order valence-corrected chi connectivity index (χ2v) is 2.38. The lowest BCUT2D eigenvalue weighted by Crippen LogP contribution is -2.31. The minimum absolute atomic E-state index is 1.05. The second-order valence-electron chi connectivity index (χ2n) is 1.05. The molecule has 0 aromatic rings. The molecule has 0 fully saturated rings. The van der Waals surface area contributed by atoms with Crippen molar-refractivity contribution in [3.63, 3.8) is 0 Å². The number of amides is 1. The van der Waals surface area contributed by atoms with Gasteiger partial charge in [0.2, 0.25) is 0 Å². The van der Waals surface area contributed by atoms with Crippen molar-refractivity contribution in [2.24, 2.45) is 5.73 Å². The summed E-state index contributed by atoms with van der Waals surface area (Å²) in [5, 5.41) is 7.95. The number of rotatable bonds is 1. The molecule has 1 amide bonds. The number of hydrogen-bond acceptors (Lipinski definition) is 2. The summed E-state index contributed by atoms with van der Waals surface area (Å²) in [6, 6.07) is 1.30. The van der Waals surface area contributed by atoms with Gasteiger partial charge in [-0.25, -0.2) is 0 Å². The standard InChI is InChI=1S/C3H2Cl2N2O/c4-3(5,1-6)2(7)8/h(H2,7,8). The van der Waals surface area contributed by atoms with Gasteiger partial charge in [0.25, 0.3) is 10.2 Å². The molecule has 0 heterocycles. The third-order valence-corrected chi connectivity index (χ3v) is 0.991. The van der Waals surface area contributed by atoms with Gasteiger partial charge < -0.3 is 5.73 Å². The van der Waals surface area contributed by atoms with Crippen molar-refractivity contribution in [3.05, 3.63) is 0 Å². The minimum atomic E-state index is -2.07. The first-order valence-corrected chi connectivity index (χ1v) is 2.35. The molecular formula is C3H2Cl2N2O. The van der Waals surface area contributed by atoms with Gasteiger partial charge in [-0.15, -0.1) is 0 Å². The molecule has 0 aromatic carbocycles. The Morgan fingerprint density at radius 3 is 2.12 bits per heavy atom. The first-order valence-electron chi connectivity index (χ1n) is 1.59. The number of alkyl halides is 2. The van der Waals surface area contributed by atoms with Gasteiger partial charge in [0, 0.05) is 0 Å². The number of nitrogens with zero attached hydrogens (tertiary/aromatic N) is 1. The van der Waals surface area contributed by atoms with Gasteiger partial charge in [-0.05, 0) is 0 Å². The van der Waals surface area contributed by atoms with Gasteiger partial charge in [-0.1, -0.05) is 23.2 Å². The van der Waals surface area contributed by atoms with Crippen molar-refractivity contribution < 1.29 is 4.79 Å². The SMILES string of the molecule is N#CC(Cl)(Cl)C(N)=O. The summed E-state index contributed by atoms with van der Waals surface area (Å²) in [5.74, 6) is -1.05. The molecule has 44 valence electrons. The molecule has 0 aliphatic rings. The summed E-state index contributed by atoms with van der Waals surface area (Å²) in [6.07, 6.45) is 0. The molecule has 0 unspecified atom stereocenters. The molecule has 0 spiro atoms. The fourth-order valence-corrected chi connectivity index (χ4v) is 0.0551. The fraction of sp³-hybridized carbons (Fsp3) is 0.333. The zero-order chi connectivity index (χ0) is 6.78. The van der Waals surface area contributed by atoms with Crippen molar-refractivity contribution in [2.75, 3.05) is 0 Å². The van der Waals surface area contributed by atoms with E-state index >= 15 is 0 Å². The van der Waals surface area contributed by atoms with Gasteiger partial charge in [0.15, 0.2) is 0 Å². The highest BCUT2D eigenvalue weighted by Crippen LogP contribution is 2.17. The van der Waals surface area contributed by atoms with Crippen LogP contribution in [0.1, 0.15) is 0 Å². The second kappa shape index (κ2) is 2.21. The van der Waals surface area contributed by atoms with E-state index in [2.05, 4.69) is 5.73 Å². The van der Waals surface area contributed by atoms with Crippen molar-refractivity contribution in [1.29, 1.82) is 5.26 Å². The monoisotopic (exact) mass is 152 g/mol. The fourth-order valence-electron chi connectivity index (χ4n) is 0.0551. The number of nitriles is 1. The highest BCUT2D eigenvalue weighted by atomic mass is 35.5. The van der Waals surface area contributed by atoms with Crippen molar-refractivity contribution in [1.82, 2.24) is 0 Å². The number of hydrogen-bond donors (Lipinski definition) is 1. The molecular weight excluding hydrogens is 151 g/mol. The van der Waals surface area contributed by atoms with E-state index in [0.29, 0.717) is 0 Å². The van der Waals surface area contributed by atoms with E-state index in [1.54, 1.807) is 0 Å². The Labute approximate surface area is 56.0 Å². The molecule has 0 radical (unpaired) electrons. The van der Waals surface area contributed by atoms with Crippen LogP contribution in [0.2, 0.25) is 0 Å². The molecule has 0 bridgehead atoms. The maximum atomic E-state index is 9.99. The maximum Gasteiger partial charge on any atom is 0.280 e. The molecule has 0 saturated heterocycles. The van der Waals surface area contributed by atoms with Crippen LogP contribution in [0.5, 0.6) is 0 Å². The number of nitrogens with two attached hydrogens (primary N) is 1. The van der Waals surface area contributed by atoms with Gasteiger partial charge >= 0.3 is 0 Å². The average Bonchev–Trinajstić information content (AvgIpc) is 1.67. The van der Waals surface area contributed by atoms with Crippen molar-refractivity contribution in [2.45, 2.75) is 4.33 Å². The highest BCUT2D eigenvalue weighted by molar-refractivity contribution is 6.60. The summed E-state index contributed by atoms with van der Waals surface area (Å²) < 4.78 is -2.07. The lowest BCUT2D eigenvalue weighted by Gasteiger charge is -2.00. The van der Waals surface area contributed by atoms with Gasteiger partial charge in [0.1, 0.15) is 6.07 Å². The smallest absolute Gasteiger partial charge is 0.280 e. The van der Waals surface area contributed by atoms with Crippen LogP contribution < -0.4 is 5.73 Å². The summed E-state index contributed by atoms with van der Waals surface area (Å²) >= 11 is 9.97. The molecule has 0 aliphatic heterocycles. The Morgan fingerprint density at radius 1 is 1.75 bits per heavy atom. The van der Waals surface area contributed by atoms with Crippen LogP contribution in [0.15, 0.2) is 0 Å². The first kappa shape index (κ1) is 7.54. The Kier molecular flexibility index (Phi) is 2.08. The van der Waals surface area contributed by atoms with E-state index in [1.807, 2.05) is 0 Å². The lowest BCUT2D eigenvalue weighted by molar-refractivity contribution is -0.117. The average molecular weight is 153 g/mol.